The van der Waals surface area contributed by atoms with Crippen molar-refractivity contribution in [2.24, 2.45) is 0 Å². The number of amides is 1. The molecular weight excluding hydrogens is 282 g/mol. The highest BCUT2D eigenvalue weighted by atomic mass is 79.9. The van der Waals surface area contributed by atoms with Gasteiger partial charge in [-0.05, 0) is 44.5 Å². The van der Waals surface area contributed by atoms with Gasteiger partial charge in [-0.3, -0.25) is 5.32 Å². The van der Waals surface area contributed by atoms with Gasteiger partial charge in [0.1, 0.15) is 5.60 Å². The predicted octanol–water partition coefficient (Wildman–Crippen LogP) is 4.44. The Morgan fingerprint density at radius 3 is 2.59 bits per heavy atom. The third-order valence-corrected chi connectivity index (χ3v) is 2.26. The summed E-state index contributed by atoms with van der Waals surface area (Å²) in [7, 11) is 0. The standard InChI is InChI=1S/C13H16BrNO2/c1-5-9-6-10(14)8-11(7-9)15-12(16)17-13(2,3)4/h5-8H,1H2,2-4H3,(H,15,16). The van der Waals surface area contributed by atoms with Gasteiger partial charge < -0.3 is 4.74 Å². The summed E-state index contributed by atoms with van der Waals surface area (Å²) in [6.07, 6.45) is 1.25. The summed E-state index contributed by atoms with van der Waals surface area (Å²) in [5.41, 5.74) is 1.09. The maximum absolute atomic E-state index is 11.6. The number of hydrogen-bond acceptors (Lipinski definition) is 2. The topological polar surface area (TPSA) is 38.3 Å². The molecule has 0 aliphatic carbocycles. The van der Waals surface area contributed by atoms with Gasteiger partial charge in [0.05, 0.1) is 0 Å². The maximum Gasteiger partial charge on any atom is 0.412 e. The fourth-order valence-corrected chi connectivity index (χ4v) is 1.73. The van der Waals surface area contributed by atoms with E-state index in [1.807, 2.05) is 32.9 Å². The van der Waals surface area contributed by atoms with E-state index in [4.69, 9.17) is 4.74 Å². The lowest BCUT2D eigenvalue weighted by Crippen LogP contribution is -2.27. The van der Waals surface area contributed by atoms with Gasteiger partial charge in [-0.25, -0.2) is 4.79 Å². The number of benzene rings is 1. The second-order valence-corrected chi connectivity index (χ2v) is 5.52. The average Bonchev–Trinajstić information content (AvgIpc) is 2.13. The van der Waals surface area contributed by atoms with E-state index < -0.39 is 11.7 Å². The van der Waals surface area contributed by atoms with Crippen LogP contribution in [0.1, 0.15) is 26.3 Å². The van der Waals surface area contributed by atoms with Crippen LogP contribution < -0.4 is 5.32 Å². The van der Waals surface area contributed by atoms with Crippen molar-refractivity contribution < 1.29 is 9.53 Å². The van der Waals surface area contributed by atoms with Crippen LogP contribution in [-0.4, -0.2) is 11.7 Å². The Labute approximate surface area is 110 Å². The van der Waals surface area contributed by atoms with Crippen molar-refractivity contribution in [2.45, 2.75) is 26.4 Å². The molecule has 0 fully saturated rings. The first-order valence-electron chi connectivity index (χ1n) is 5.23. The second-order valence-electron chi connectivity index (χ2n) is 4.60. The molecule has 0 saturated carbocycles. The van der Waals surface area contributed by atoms with Crippen LogP contribution in [-0.2, 0) is 4.74 Å². The van der Waals surface area contributed by atoms with Crippen molar-refractivity contribution in [2.75, 3.05) is 5.32 Å². The Morgan fingerprint density at radius 2 is 2.06 bits per heavy atom. The van der Waals surface area contributed by atoms with E-state index in [9.17, 15) is 4.79 Å². The van der Waals surface area contributed by atoms with Crippen LogP contribution in [0.2, 0.25) is 0 Å². The Balaban J connectivity index is 2.78. The van der Waals surface area contributed by atoms with Crippen LogP contribution in [0.3, 0.4) is 0 Å². The lowest BCUT2D eigenvalue weighted by atomic mass is 10.2. The molecule has 92 valence electrons. The van der Waals surface area contributed by atoms with Gasteiger partial charge in [-0.2, -0.15) is 0 Å². The van der Waals surface area contributed by atoms with Gasteiger partial charge in [0, 0.05) is 10.2 Å². The average molecular weight is 298 g/mol. The first-order valence-corrected chi connectivity index (χ1v) is 6.02. The minimum atomic E-state index is -0.503. The molecule has 0 bridgehead atoms. The number of nitrogens with one attached hydrogen (secondary N) is 1. The lowest BCUT2D eigenvalue weighted by molar-refractivity contribution is 0.0636. The van der Waals surface area contributed by atoms with Crippen molar-refractivity contribution in [3.63, 3.8) is 0 Å². The minimum Gasteiger partial charge on any atom is -0.444 e. The van der Waals surface area contributed by atoms with Crippen molar-refractivity contribution in [1.29, 1.82) is 0 Å². The quantitative estimate of drug-likeness (QED) is 0.876. The highest BCUT2D eigenvalue weighted by Crippen LogP contribution is 2.21. The number of ether oxygens (including phenoxy) is 1. The van der Waals surface area contributed by atoms with E-state index >= 15 is 0 Å². The molecular formula is C13H16BrNO2. The molecule has 0 aromatic heterocycles. The number of anilines is 1. The fraction of sp³-hybridized carbons (Fsp3) is 0.308. The molecule has 1 N–H and O–H groups in total. The molecule has 0 aliphatic heterocycles. The molecule has 1 amide bonds. The van der Waals surface area contributed by atoms with Crippen molar-refractivity contribution in [3.8, 4) is 0 Å². The Morgan fingerprint density at radius 1 is 1.41 bits per heavy atom. The van der Waals surface area contributed by atoms with Crippen LogP contribution in [0.5, 0.6) is 0 Å². The van der Waals surface area contributed by atoms with E-state index in [0.717, 1.165) is 10.0 Å². The van der Waals surface area contributed by atoms with Gasteiger partial charge >= 0.3 is 6.09 Å². The fourth-order valence-electron chi connectivity index (χ4n) is 1.22. The molecule has 0 aliphatic rings. The monoisotopic (exact) mass is 297 g/mol. The van der Waals surface area contributed by atoms with Crippen molar-refractivity contribution in [1.82, 2.24) is 0 Å². The van der Waals surface area contributed by atoms with Crippen LogP contribution in [0.25, 0.3) is 6.08 Å². The molecule has 0 spiro atoms. The van der Waals surface area contributed by atoms with Gasteiger partial charge in [0.2, 0.25) is 0 Å². The van der Waals surface area contributed by atoms with E-state index in [1.54, 1.807) is 12.1 Å². The smallest absolute Gasteiger partial charge is 0.412 e. The number of rotatable bonds is 2. The van der Waals surface area contributed by atoms with Crippen LogP contribution in [0.4, 0.5) is 10.5 Å². The summed E-state index contributed by atoms with van der Waals surface area (Å²) in [4.78, 5) is 11.6. The van der Waals surface area contributed by atoms with Crippen molar-refractivity contribution >= 4 is 33.8 Å². The molecule has 17 heavy (non-hydrogen) atoms. The second kappa shape index (κ2) is 5.36. The van der Waals surface area contributed by atoms with Crippen LogP contribution >= 0.6 is 15.9 Å². The first-order chi connectivity index (χ1) is 7.80. The highest BCUT2D eigenvalue weighted by Gasteiger charge is 2.16. The van der Waals surface area contributed by atoms with Crippen LogP contribution in [0.15, 0.2) is 29.3 Å². The van der Waals surface area contributed by atoms with Gasteiger partial charge in [-0.15, -0.1) is 0 Å². The van der Waals surface area contributed by atoms with E-state index in [2.05, 4.69) is 27.8 Å². The Hall–Kier alpha value is -1.29. The predicted molar refractivity (Wildman–Crippen MR) is 74.1 cm³/mol. The largest absolute Gasteiger partial charge is 0.444 e. The van der Waals surface area contributed by atoms with Crippen LogP contribution in [0, 0.1) is 0 Å². The summed E-state index contributed by atoms with van der Waals surface area (Å²) in [6.45, 7) is 9.15. The van der Waals surface area contributed by atoms with E-state index in [-0.39, 0.29) is 0 Å². The third kappa shape index (κ3) is 5.04. The zero-order chi connectivity index (χ0) is 13.1. The molecule has 1 aromatic rings. The van der Waals surface area contributed by atoms with Gasteiger partial charge in [0.15, 0.2) is 0 Å². The molecule has 0 unspecified atom stereocenters. The molecule has 3 nitrogen and oxygen atoms in total. The number of carbonyl (C=O) groups is 1. The molecule has 0 saturated heterocycles. The zero-order valence-electron chi connectivity index (χ0n) is 10.2. The summed E-state index contributed by atoms with van der Waals surface area (Å²) in [5.74, 6) is 0. The maximum atomic E-state index is 11.6. The number of hydrogen-bond donors (Lipinski definition) is 1. The molecule has 4 heteroatoms. The number of halogens is 1. The Kier molecular flexibility index (Phi) is 4.34. The SMILES string of the molecule is C=Cc1cc(Br)cc(NC(=O)OC(C)(C)C)c1. The molecule has 1 aromatic carbocycles. The van der Waals surface area contributed by atoms with E-state index in [0.29, 0.717) is 5.69 Å². The molecule has 0 radical (unpaired) electrons. The summed E-state index contributed by atoms with van der Waals surface area (Å²) < 4.78 is 6.04. The summed E-state index contributed by atoms with van der Waals surface area (Å²) in [5, 5.41) is 2.68. The summed E-state index contributed by atoms with van der Waals surface area (Å²) >= 11 is 3.37. The minimum absolute atomic E-state index is 0.467. The van der Waals surface area contributed by atoms with Crippen molar-refractivity contribution in [3.05, 3.63) is 34.8 Å². The number of carbonyl (C=O) groups excluding carboxylic acids is 1. The van der Waals surface area contributed by atoms with Gasteiger partial charge in [0.25, 0.3) is 0 Å². The Bertz CT molecular complexity index is 436. The van der Waals surface area contributed by atoms with Gasteiger partial charge in [-0.1, -0.05) is 28.6 Å². The lowest BCUT2D eigenvalue weighted by Gasteiger charge is -2.19. The normalized spacial score (nSPS) is 10.8. The molecule has 1 rings (SSSR count). The third-order valence-electron chi connectivity index (χ3n) is 1.80. The summed E-state index contributed by atoms with van der Waals surface area (Å²) in [6, 6.07) is 5.53. The highest BCUT2D eigenvalue weighted by molar-refractivity contribution is 9.10. The zero-order valence-corrected chi connectivity index (χ0v) is 11.8. The molecule has 0 heterocycles. The molecule has 0 atom stereocenters. The van der Waals surface area contributed by atoms with E-state index in [1.165, 1.54) is 0 Å². The first kappa shape index (κ1) is 13.8.